The monoisotopic (exact) mass is 295 g/mol. The molecule has 0 unspecified atom stereocenters. The fraction of sp³-hybridized carbons (Fsp3) is 0. The van der Waals surface area contributed by atoms with E-state index in [4.69, 9.17) is 5.11 Å². The van der Waals surface area contributed by atoms with Gasteiger partial charge in [0.15, 0.2) is 0 Å². The van der Waals surface area contributed by atoms with Crippen molar-refractivity contribution in [3.8, 4) is 0 Å². The van der Waals surface area contributed by atoms with Crippen molar-refractivity contribution in [2.24, 2.45) is 0 Å². The van der Waals surface area contributed by atoms with Gasteiger partial charge in [0.05, 0.1) is 11.3 Å². The summed E-state index contributed by atoms with van der Waals surface area (Å²) >= 11 is 3.14. The van der Waals surface area contributed by atoms with Gasteiger partial charge in [0.2, 0.25) is 0 Å². The molecule has 1 aliphatic heterocycles. The maximum absolute atomic E-state index is 11.5. The molecule has 1 aromatic rings. The number of carboxylic acids is 1. The summed E-state index contributed by atoms with van der Waals surface area (Å²) in [5.41, 5.74) is -0.0366. The molecule has 86 valence electrons. The van der Waals surface area contributed by atoms with Gasteiger partial charge in [-0.05, 0) is 18.2 Å². The van der Waals surface area contributed by atoms with Crippen LogP contribution in [0.1, 0.15) is 10.4 Å². The molecule has 0 bridgehead atoms. The summed E-state index contributed by atoms with van der Waals surface area (Å²) in [7, 11) is 0. The minimum absolute atomic E-state index is 0.0701. The third-order valence-corrected chi connectivity index (χ3v) is 2.73. The van der Waals surface area contributed by atoms with Gasteiger partial charge in [0, 0.05) is 16.6 Å². The van der Waals surface area contributed by atoms with Crippen molar-refractivity contribution < 1.29 is 19.5 Å². The van der Waals surface area contributed by atoms with Crippen molar-refractivity contribution in [3.63, 3.8) is 0 Å². The number of amides is 2. The van der Waals surface area contributed by atoms with E-state index in [0.29, 0.717) is 4.47 Å². The summed E-state index contributed by atoms with van der Waals surface area (Å²) in [4.78, 5) is 34.8. The number of aromatic carboxylic acids is 1. The molecule has 0 spiro atoms. The van der Waals surface area contributed by atoms with E-state index in [2.05, 4.69) is 15.9 Å². The van der Waals surface area contributed by atoms with Gasteiger partial charge in [0.25, 0.3) is 11.8 Å². The van der Waals surface area contributed by atoms with Crippen LogP contribution in [0.4, 0.5) is 5.69 Å². The van der Waals surface area contributed by atoms with E-state index >= 15 is 0 Å². The second-order valence-corrected chi connectivity index (χ2v) is 4.23. The lowest BCUT2D eigenvalue weighted by molar-refractivity contribution is -0.119. The lowest BCUT2D eigenvalue weighted by Crippen LogP contribution is -2.31. The van der Waals surface area contributed by atoms with E-state index in [-0.39, 0.29) is 11.3 Å². The van der Waals surface area contributed by atoms with E-state index in [1.165, 1.54) is 12.1 Å². The van der Waals surface area contributed by atoms with Crippen LogP contribution in [0, 0.1) is 0 Å². The van der Waals surface area contributed by atoms with Crippen LogP contribution in [0.5, 0.6) is 0 Å². The molecular formula is C11H6BrNO4. The molecule has 0 aromatic heterocycles. The van der Waals surface area contributed by atoms with Gasteiger partial charge >= 0.3 is 5.97 Å². The molecule has 1 aliphatic rings. The Morgan fingerprint density at radius 1 is 1.18 bits per heavy atom. The lowest BCUT2D eigenvalue weighted by Gasteiger charge is -2.16. The number of hydrogen-bond donors (Lipinski definition) is 1. The fourth-order valence-electron chi connectivity index (χ4n) is 1.51. The minimum atomic E-state index is -1.20. The van der Waals surface area contributed by atoms with Gasteiger partial charge in [-0.25, -0.2) is 9.69 Å². The fourth-order valence-corrected chi connectivity index (χ4v) is 1.87. The molecule has 17 heavy (non-hydrogen) atoms. The van der Waals surface area contributed by atoms with Gasteiger partial charge in [-0.3, -0.25) is 9.59 Å². The smallest absolute Gasteiger partial charge is 0.337 e. The SMILES string of the molecule is O=C(O)c1cc(Br)ccc1N1C(=O)C=CC1=O. The Morgan fingerprint density at radius 2 is 1.76 bits per heavy atom. The molecule has 0 atom stereocenters. The van der Waals surface area contributed by atoms with Crippen LogP contribution < -0.4 is 4.90 Å². The molecule has 0 aliphatic carbocycles. The van der Waals surface area contributed by atoms with Crippen LogP contribution in [0.15, 0.2) is 34.8 Å². The lowest BCUT2D eigenvalue weighted by atomic mass is 10.1. The van der Waals surface area contributed by atoms with Crippen molar-refractivity contribution in [1.82, 2.24) is 0 Å². The number of carboxylic acid groups (broad SMARTS) is 1. The molecule has 1 aromatic carbocycles. The number of carbonyl (C=O) groups is 3. The van der Waals surface area contributed by atoms with E-state index in [9.17, 15) is 14.4 Å². The molecule has 2 amide bonds. The summed E-state index contributed by atoms with van der Waals surface area (Å²) < 4.78 is 0.561. The number of rotatable bonds is 2. The van der Waals surface area contributed by atoms with Crippen LogP contribution in [0.2, 0.25) is 0 Å². The first-order valence-electron chi connectivity index (χ1n) is 4.59. The average Bonchev–Trinajstić information content (AvgIpc) is 2.59. The van der Waals surface area contributed by atoms with Crippen molar-refractivity contribution in [2.75, 3.05) is 4.90 Å². The quantitative estimate of drug-likeness (QED) is 0.841. The molecular weight excluding hydrogens is 290 g/mol. The molecule has 0 fully saturated rings. The first kappa shape index (κ1) is 11.5. The highest BCUT2D eigenvalue weighted by atomic mass is 79.9. The Kier molecular flexibility index (Phi) is 2.81. The molecule has 2 rings (SSSR count). The predicted molar refractivity (Wildman–Crippen MR) is 62.7 cm³/mol. The third kappa shape index (κ3) is 1.99. The van der Waals surface area contributed by atoms with Crippen LogP contribution in [0.25, 0.3) is 0 Å². The number of anilines is 1. The first-order chi connectivity index (χ1) is 8.00. The largest absolute Gasteiger partial charge is 0.478 e. The summed E-state index contributed by atoms with van der Waals surface area (Å²) in [6, 6.07) is 4.33. The second-order valence-electron chi connectivity index (χ2n) is 3.31. The Bertz CT molecular complexity index is 547. The van der Waals surface area contributed by atoms with Crippen LogP contribution >= 0.6 is 15.9 Å². The summed E-state index contributed by atoms with van der Waals surface area (Å²) in [5, 5.41) is 9.03. The van der Waals surface area contributed by atoms with Crippen molar-refractivity contribution in [1.29, 1.82) is 0 Å². The predicted octanol–water partition coefficient (Wildman–Crippen LogP) is 1.58. The Balaban J connectivity index is 2.56. The van der Waals surface area contributed by atoms with Crippen molar-refractivity contribution in [3.05, 3.63) is 40.4 Å². The zero-order chi connectivity index (χ0) is 12.6. The first-order valence-corrected chi connectivity index (χ1v) is 5.39. The Morgan fingerprint density at radius 3 is 2.29 bits per heavy atom. The van der Waals surface area contributed by atoms with Crippen LogP contribution in [0.3, 0.4) is 0 Å². The van der Waals surface area contributed by atoms with Gasteiger partial charge in [0.1, 0.15) is 0 Å². The zero-order valence-corrected chi connectivity index (χ0v) is 9.97. The molecule has 0 saturated carbocycles. The van der Waals surface area contributed by atoms with Crippen molar-refractivity contribution >= 4 is 39.4 Å². The normalized spacial score (nSPS) is 14.5. The summed E-state index contributed by atoms with van der Waals surface area (Å²) in [5.74, 6) is -2.28. The topological polar surface area (TPSA) is 74.7 Å². The van der Waals surface area contributed by atoms with E-state index in [0.717, 1.165) is 17.1 Å². The summed E-state index contributed by atoms with van der Waals surface area (Å²) in [6.45, 7) is 0. The second kappa shape index (κ2) is 4.14. The number of imide groups is 1. The maximum Gasteiger partial charge on any atom is 0.337 e. The van der Waals surface area contributed by atoms with Crippen LogP contribution in [-0.2, 0) is 9.59 Å². The number of nitrogens with zero attached hydrogens (tertiary/aromatic N) is 1. The van der Waals surface area contributed by atoms with Crippen molar-refractivity contribution in [2.45, 2.75) is 0 Å². The standard InChI is InChI=1S/C11H6BrNO4/c12-6-1-2-8(7(5-6)11(16)17)13-9(14)3-4-10(13)15/h1-5H,(H,16,17). The summed E-state index contributed by atoms with van der Waals surface area (Å²) in [6.07, 6.45) is 2.21. The number of hydrogen-bond acceptors (Lipinski definition) is 3. The molecule has 0 saturated heterocycles. The minimum Gasteiger partial charge on any atom is -0.478 e. The van der Waals surface area contributed by atoms with Crippen LogP contribution in [-0.4, -0.2) is 22.9 Å². The van der Waals surface area contributed by atoms with Gasteiger partial charge in [-0.1, -0.05) is 15.9 Å². The highest BCUT2D eigenvalue weighted by molar-refractivity contribution is 9.10. The zero-order valence-electron chi connectivity index (χ0n) is 8.38. The van der Waals surface area contributed by atoms with E-state index in [1.54, 1.807) is 6.07 Å². The van der Waals surface area contributed by atoms with E-state index < -0.39 is 17.8 Å². The van der Waals surface area contributed by atoms with Gasteiger partial charge in [-0.2, -0.15) is 0 Å². The average molecular weight is 296 g/mol. The molecule has 1 N–H and O–H groups in total. The van der Waals surface area contributed by atoms with E-state index in [1.807, 2.05) is 0 Å². The van der Waals surface area contributed by atoms with Gasteiger partial charge in [-0.15, -0.1) is 0 Å². The molecule has 1 heterocycles. The third-order valence-electron chi connectivity index (χ3n) is 2.24. The number of halogens is 1. The molecule has 5 nitrogen and oxygen atoms in total. The number of carbonyl (C=O) groups excluding carboxylic acids is 2. The van der Waals surface area contributed by atoms with Gasteiger partial charge < -0.3 is 5.11 Å². The molecule has 6 heteroatoms. The Hall–Kier alpha value is -1.95. The highest BCUT2D eigenvalue weighted by Gasteiger charge is 2.28. The number of benzene rings is 1. The highest BCUT2D eigenvalue weighted by Crippen LogP contribution is 2.27. The Labute approximate surface area is 104 Å². The maximum atomic E-state index is 11.5. The molecule has 0 radical (unpaired) electrons.